The predicted molar refractivity (Wildman–Crippen MR) is 130 cm³/mol. The van der Waals surface area contributed by atoms with Crippen molar-refractivity contribution in [2.24, 2.45) is 0 Å². The molecule has 0 bridgehead atoms. The highest BCUT2D eigenvalue weighted by Gasteiger charge is 2.15. The molecule has 33 heavy (non-hydrogen) atoms. The van der Waals surface area contributed by atoms with Gasteiger partial charge in [0.1, 0.15) is 5.82 Å². The Hall–Kier alpha value is -3.36. The van der Waals surface area contributed by atoms with Crippen LogP contribution in [0.4, 0.5) is 15.8 Å². The fraction of sp³-hybridized carbons (Fsp3) is 0.125. The number of anilines is 2. The normalized spacial score (nSPS) is 10.7. The van der Waals surface area contributed by atoms with Crippen LogP contribution in [-0.4, -0.2) is 26.4 Å². The number of para-hydroxylation sites is 1. The molecule has 6 nitrogen and oxygen atoms in total. The average Bonchev–Trinajstić information content (AvgIpc) is 3.21. The minimum Gasteiger partial charge on any atom is -0.378 e. The molecule has 1 heterocycles. The van der Waals surface area contributed by atoms with Crippen LogP contribution < -0.4 is 10.6 Å². The number of nitrogens with zero attached hydrogens (tertiary/aromatic N) is 3. The summed E-state index contributed by atoms with van der Waals surface area (Å²) in [5.74, 6) is 0.385. The monoisotopic (exact) mass is 481 g/mol. The molecule has 0 saturated heterocycles. The van der Waals surface area contributed by atoms with Crippen LogP contribution in [0.25, 0.3) is 0 Å². The maximum absolute atomic E-state index is 13.2. The molecule has 9 heteroatoms. The maximum Gasteiger partial charge on any atom is 0.234 e. The first-order chi connectivity index (χ1) is 16.1. The van der Waals surface area contributed by atoms with Crippen LogP contribution in [0.5, 0.6) is 0 Å². The summed E-state index contributed by atoms with van der Waals surface area (Å²) in [6.07, 6.45) is 0. The summed E-state index contributed by atoms with van der Waals surface area (Å²) in [5, 5.41) is 15.8. The first-order valence-corrected chi connectivity index (χ1v) is 11.6. The van der Waals surface area contributed by atoms with Crippen molar-refractivity contribution < 1.29 is 9.18 Å². The van der Waals surface area contributed by atoms with Gasteiger partial charge < -0.3 is 15.2 Å². The Kier molecular flexibility index (Phi) is 7.59. The van der Waals surface area contributed by atoms with Crippen LogP contribution in [-0.2, 0) is 17.9 Å². The molecule has 4 rings (SSSR count). The van der Waals surface area contributed by atoms with Crippen molar-refractivity contribution in [3.63, 3.8) is 0 Å². The van der Waals surface area contributed by atoms with Crippen molar-refractivity contribution in [1.82, 2.24) is 14.8 Å². The SMILES string of the molecule is O=C(CSc1nnc(CNc2ccc(F)cc2)n1Cc1ccccc1)Nc1ccccc1Cl. The third kappa shape index (κ3) is 6.34. The number of amides is 1. The standard InChI is InChI=1S/C24H21ClFN5OS/c25-20-8-4-5-9-21(20)28-23(32)16-33-24-30-29-22(14-27-19-12-10-18(26)11-13-19)31(24)15-17-6-2-1-3-7-17/h1-13,27H,14-16H2,(H,28,32). The second-order valence-corrected chi connectivity index (χ2v) is 8.50. The van der Waals surface area contributed by atoms with E-state index >= 15 is 0 Å². The molecule has 1 amide bonds. The van der Waals surface area contributed by atoms with Gasteiger partial charge in [0.25, 0.3) is 0 Å². The molecule has 3 aromatic carbocycles. The number of halogens is 2. The Morgan fingerprint density at radius 1 is 0.970 bits per heavy atom. The lowest BCUT2D eigenvalue weighted by Gasteiger charge is -2.12. The van der Waals surface area contributed by atoms with Gasteiger partial charge in [-0.2, -0.15) is 0 Å². The zero-order valence-electron chi connectivity index (χ0n) is 17.5. The van der Waals surface area contributed by atoms with Crippen molar-refractivity contribution >= 4 is 40.6 Å². The highest BCUT2D eigenvalue weighted by atomic mass is 35.5. The Morgan fingerprint density at radius 3 is 2.45 bits per heavy atom. The molecule has 0 aliphatic carbocycles. The van der Waals surface area contributed by atoms with Gasteiger partial charge in [-0.3, -0.25) is 4.79 Å². The number of carbonyl (C=O) groups excluding carboxylic acids is 1. The van der Waals surface area contributed by atoms with Crippen LogP contribution >= 0.6 is 23.4 Å². The minimum atomic E-state index is -0.290. The molecule has 0 saturated carbocycles. The maximum atomic E-state index is 13.2. The highest BCUT2D eigenvalue weighted by molar-refractivity contribution is 7.99. The van der Waals surface area contributed by atoms with Gasteiger partial charge in [-0.05, 0) is 42.0 Å². The van der Waals surface area contributed by atoms with Gasteiger partial charge in [0.2, 0.25) is 5.91 Å². The van der Waals surface area contributed by atoms with Crippen molar-refractivity contribution in [2.75, 3.05) is 16.4 Å². The average molecular weight is 482 g/mol. The van der Waals surface area contributed by atoms with Crippen LogP contribution in [0.3, 0.4) is 0 Å². The molecule has 4 aromatic rings. The van der Waals surface area contributed by atoms with E-state index in [0.29, 0.717) is 34.8 Å². The lowest BCUT2D eigenvalue weighted by atomic mass is 10.2. The minimum absolute atomic E-state index is 0.156. The quantitative estimate of drug-likeness (QED) is 0.310. The molecule has 0 radical (unpaired) electrons. The summed E-state index contributed by atoms with van der Waals surface area (Å²) >= 11 is 7.42. The van der Waals surface area contributed by atoms with Gasteiger partial charge in [-0.15, -0.1) is 10.2 Å². The summed E-state index contributed by atoms with van der Waals surface area (Å²) in [4.78, 5) is 12.5. The number of nitrogens with one attached hydrogen (secondary N) is 2. The van der Waals surface area contributed by atoms with Crippen molar-refractivity contribution in [3.8, 4) is 0 Å². The summed E-state index contributed by atoms with van der Waals surface area (Å²) in [6, 6.07) is 23.2. The fourth-order valence-electron chi connectivity index (χ4n) is 3.11. The molecule has 0 unspecified atom stereocenters. The summed E-state index contributed by atoms with van der Waals surface area (Å²) < 4.78 is 15.1. The van der Waals surface area contributed by atoms with Gasteiger partial charge in [-0.1, -0.05) is 65.8 Å². The van der Waals surface area contributed by atoms with E-state index in [-0.39, 0.29) is 17.5 Å². The number of hydrogen-bond acceptors (Lipinski definition) is 5. The lowest BCUT2D eigenvalue weighted by Crippen LogP contribution is -2.15. The van der Waals surface area contributed by atoms with E-state index in [1.54, 1.807) is 30.3 Å². The number of hydrogen-bond donors (Lipinski definition) is 2. The Bertz CT molecular complexity index is 1220. The molecule has 1 aromatic heterocycles. The highest BCUT2D eigenvalue weighted by Crippen LogP contribution is 2.23. The van der Waals surface area contributed by atoms with Crippen LogP contribution in [0.2, 0.25) is 5.02 Å². The van der Waals surface area contributed by atoms with Crippen LogP contribution in [0, 0.1) is 5.82 Å². The van der Waals surface area contributed by atoms with Crippen molar-refractivity contribution in [1.29, 1.82) is 0 Å². The van der Waals surface area contributed by atoms with E-state index < -0.39 is 0 Å². The van der Waals surface area contributed by atoms with Crippen molar-refractivity contribution in [3.05, 3.63) is 101 Å². The first kappa shape index (κ1) is 22.8. The van der Waals surface area contributed by atoms with E-state index in [1.165, 1.54) is 23.9 Å². The molecule has 0 aliphatic rings. The zero-order chi connectivity index (χ0) is 23.0. The Morgan fingerprint density at radius 2 is 1.70 bits per heavy atom. The number of aromatic nitrogens is 3. The van der Waals surface area contributed by atoms with E-state index in [9.17, 15) is 9.18 Å². The molecule has 0 fully saturated rings. The Balaban J connectivity index is 1.47. The van der Waals surface area contributed by atoms with Crippen molar-refractivity contribution in [2.45, 2.75) is 18.2 Å². The lowest BCUT2D eigenvalue weighted by molar-refractivity contribution is -0.113. The number of rotatable bonds is 9. The molecular weight excluding hydrogens is 461 g/mol. The fourth-order valence-corrected chi connectivity index (χ4v) is 4.05. The molecular formula is C24H21ClFN5OS. The third-order valence-corrected chi connectivity index (χ3v) is 6.05. The van der Waals surface area contributed by atoms with E-state index in [1.807, 2.05) is 41.0 Å². The van der Waals surface area contributed by atoms with Crippen LogP contribution in [0.15, 0.2) is 84.0 Å². The zero-order valence-corrected chi connectivity index (χ0v) is 19.1. The molecule has 0 atom stereocenters. The smallest absolute Gasteiger partial charge is 0.234 e. The number of benzene rings is 3. The van der Waals surface area contributed by atoms with Gasteiger partial charge >= 0.3 is 0 Å². The van der Waals surface area contributed by atoms with Gasteiger partial charge in [0.05, 0.1) is 29.6 Å². The van der Waals surface area contributed by atoms with Crippen LogP contribution in [0.1, 0.15) is 11.4 Å². The predicted octanol–water partition coefficient (Wildman–Crippen LogP) is 5.46. The number of thioether (sulfide) groups is 1. The second-order valence-electron chi connectivity index (χ2n) is 7.15. The third-order valence-electron chi connectivity index (χ3n) is 4.75. The van der Waals surface area contributed by atoms with Gasteiger partial charge in [-0.25, -0.2) is 4.39 Å². The summed E-state index contributed by atoms with van der Waals surface area (Å²) in [6.45, 7) is 0.959. The van der Waals surface area contributed by atoms with Gasteiger partial charge in [0, 0.05) is 5.69 Å². The largest absolute Gasteiger partial charge is 0.378 e. The molecule has 168 valence electrons. The van der Waals surface area contributed by atoms with E-state index in [4.69, 9.17) is 11.6 Å². The first-order valence-electron chi connectivity index (χ1n) is 10.2. The van der Waals surface area contributed by atoms with E-state index in [0.717, 1.165) is 11.3 Å². The Labute approximate surface area is 200 Å². The summed E-state index contributed by atoms with van der Waals surface area (Å²) in [7, 11) is 0. The molecule has 0 spiro atoms. The summed E-state index contributed by atoms with van der Waals surface area (Å²) in [5.41, 5.74) is 2.43. The molecule has 0 aliphatic heterocycles. The number of carbonyl (C=O) groups is 1. The topological polar surface area (TPSA) is 71.8 Å². The van der Waals surface area contributed by atoms with Gasteiger partial charge in [0.15, 0.2) is 11.0 Å². The second kappa shape index (κ2) is 11.0. The van der Waals surface area contributed by atoms with E-state index in [2.05, 4.69) is 20.8 Å². The molecule has 2 N–H and O–H groups in total.